The van der Waals surface area contributed by atoms with Crippen LogP contribution in [0.15, 0.2) is 36.4 Å². The lowest BCUT2D eigenvalue weighted by Gasteiger charge is -2.09. The van der Waals surface area contributed by atoms with Crippen LogP contribution in [0.4, 0.5) is 18.9 Å². The van der Waals surface area contributed by atoms with Gasteiger partial charge >= 0.3 is 6.18 Å². The fraction of sp³-hybridized carbons (Fsp3) is 0.385. The number of benzene rings is 1. The number of hydrogen-bond acceptors (Lipinski definition) is 2. The largest absolute Gasteiger partial charge is 0.416 e. The molecule has 1 aromatic rings. The molecule has 5 heteroatoms. The summed E-state index contributed by atoms with van der Waals surface area (Å²) in [4.78, 5) is 0. The van der Waals surface area contributed by atoms with Gasteiger partial charge in [0, 0.05) is 12.2 Å². The van der Waals surface area contributed by atoms with Crippen molar-refractivity contribution in [1.29, 1.82) is 0 Å². The molecule has 0 saturated carbocycles. The molecule has 0 amide bonds. The molecule has 0 unspecified atom stereocenters. The minimum atomic E-state index is -4.29. The summed E-state index contributed by atoms with van der Waals surface area (Å²) >= 11 is 0. The van der Waals surface area contributed by atoms with Gasteiger partial charge in [0.05, 0.1) is 18.8 Å². The highest BCUT2D eigenvalue weighted by atomic mass is 19.4. The van der Waals surface area contributed by atoms with Crippen molar-refractivity contribution in [2.24, 2.45) is 0 Å². The van der Waals surface area contributed by atoms with Crippen molar-refractivity contribution < 1.29 is 17.9 Å². The summed E-state index contributed by atoms with van der Waals surface area (Å²) in [5.41, 5.74) is 0.929. The lowest BCUT2D eigenvalue weighted by atomic mass is 10.2. The van der Waals surface area contributed by atoms with Crippen LogP contribution in [-0.2, 0) is 10.9 Å². The first kappa shape index (κ1) is 14.6. The maximum atomic E-state index is 12.3. The zero-order valence-corrected chi connectivity index (χ0v) is 10.2. The molecule has 0 aromatic heterocycles. The van der Waals surface area contributed by atoms with Crippen LogP contribution in [0, 0.1) is 0 Å². The Morgan fingerprint density at radius 1 is 1.28 bits per heavy atom. The van der Waals surface area contributed by atoms with Gasteiger partial charge in [0.15, 0.2) is 0 Å². The fourth-order valence-corrected chi connectivity index (χ4v) is 1.29. The van der Waals surface area contributed by atoms with E-state index >= 15 is 0 Å². The van der Waals surface area contributed by atoms with E-state index in [0.29, 0.717) is 25.4 Å². The van der Waals surface area contributed by atoms with Crippen LogP contribution in [0.25, 0.3) is 0 Å². The van der Waals surface area contributed by atoms with Gasteiger partial charge in [-0.25, -0.2) is 0 Å². The van der Waals surface area contributed by atoms with Crippen LogP contribution >= 0.6 is 0 Å². The Morgan fingerprint density at radius 3 is 2.39 bits per heavy atom. The van der Waals surface area contributed by atoms with Gasteiger partial charge in [0.2, 0.25) is 0 Å². The molecule has 0 saturated heterocycles. The van der Waals surface area contributed by atoms with E-state index < -0.39 is 11.7 Å². The Balaban J connectivity index is 2.33. The average molecular weight is 259 g/mol. The molecule has 18 heavy (non-hydrogen) atoms. The minimum absolute atomic E-state index is 0.480. The van der Waals surface area contributed by atoms with Gasteiger partial charge in [-0.2, -0.15) is 13.2 Å². The molecule has 0 aliphatic heterocycles. The molecule has 0 radical (unpaired) electrons. The molecule has 0 aliphatic rings. The number of halogens is 3. The molecular weight excluding hydrogens is 243 g/mol. The SMILES string of the molecule is C=C(C)COCCNc1ccc(C(F)(F)F)cc1. The van der Waals surface area contributed by atoms with Crippen molar-refractivity contribution in [1.82, 2.24) is 0 Å². The van der Waals surface area contributed by atoms with Crippen LogP contribution < -0.4 is 5.32 Å². The monoisotopic (exact) mass is 259 g/mol. The van der Waals surface area contributed by atoms with Crippen molar-refractivity contribution in [2.45, 2.75) is 13.1 Å². The second-order valence-corrected chi connectivity index (χ2v) is 4.01. The third-order valence-corrected chi connectivity index (χ3v) is 2.14. The molecule has 0 aliphatic carbocycles. The van der Waals surface area contributed by atoms with E-state index in [2.05, 4.69) is 11.9 Å². The van der Waals surface area contributed by atoms with E-state index in [4.69, 9.17) is 4.74 Å². The van der Waals surface area contributed by atoms with Gasteiger partial charge in [-0.05, 0) is 31.2 Å². The van der Waals surface area contributed by atoms with Crippen molar-refractivity contribution in [3.63, 3.8) is 0 Å². The molecule has 0 fully saturated rings. The molecular formula is C13H16F3NO. The van der Waals surface area contributed by atoms with Gasteiger partial charge in [0.25, 0.3) is 0 Å². The van der Waals surface area contributed by atoms with E-state index in [-0.39, 0.29) is 0 Å². The third kappa shape index (κ3) is 5.23. The summed E-state index contributed by atoms with van der Waals surface area (Å²) in [6.45, 7) is 7.07. The molecule has 0 atom stereocenters. The highest BCUT2D eigenvalue weighted by molar-refractivity contribution is 5.45. The molecule has 2 nitrogen and oxygen atoms in total. The average Bonchev–Trinajstić information content (AvgIpc) is 2.27. The van der Waals surface area contributed by atoms with Crippen LogP contribution in [0.3, 0.4) is 0 Å². The van der Waals surface area contributed by atoms with Gasteiger partial charge < -0.3 is 10.1 Å². The van der Waals surface area contributed by atoms with Gasteiger partial charge in [-0.1, -0.05) is 12.2 Å². The summed E-state index contributed by atoms with van der Waals surface area (Å²) in [6.07, 6.45) is -4.29. The normalized spacial score (nSPS) is 11.3. The predicted molar refractivity (Wildman–Crippen MR) is 65.6 cm³/mol. The van der Waals surface area contributed by atoms with Gasteiger partial charge in [0.1, 0.15) is 0 Å². The molecule has 0 bridgehead atoms. The van der Waals surface area contributed by atoms with Crippen LogP contribution in [0.1, 0.15) is 12.5 Å². The Hall–Kier alpha value is -1.49. The zero-order chi connectivity index (χ0) is 13.6. The zero-order valence-electron chi connectivity index (χ0n) is 10.2. The maximum Gasteiger partial charge on any atom is 0.416 e. The van der Waals surface area contributed by atoms with E-state index in [1.807, 2.05) is 6.92 Å². The smallest absolute Gasteiger partial charge is 0.383 e. The van der Waals surface area contributed by atoms with Crippen LogP contribution in [0.2, 0.25) is 0 Å². The first-order valence-corrected chi connectivity index (χ1v) is 5.53. The van der Waals surface area contributed by atoms with Crippen LogP contribution in [0.5, 0.6) is 0 Å². The Kier molecular flexibility index (Phi) is 5.22. The van der Waals surface area contributed by atoms with Crippen molar-refractivity contribution in [2.75, 3.05) is 25.1 Å². The number of nitrogens with one attached hydrogen (secondary N) is 1. The van der Waals surface area contributed by atoms with E-state index in [1.54, 1.807) is 0 Å². The topological polar surface area (TPSA) is 21.3 Å². The fourth-order valence-electron chi connectivity index (χ4n) is 1.29. The summed E-state index contributed by atoms with van der Waals surface area (Å²) in [7, 11) is 0. The van der Waals surface area contributed by atoms with Gasteiger partial charge in [-0.15, -0.1) is 0 Å². The number of anilines is 1. The Morgan fingerprint density at radius 2 is 1.89 bits per heavy atom. The summed E-state index contributed by atoms with van der Waals surface area (Å²) in [6, 6.07) is 4.91. The van der Waals surface area contributed by atoms with Crippen molar-refractivity contribution in [3.05, 3.63) is 42.0 Å². The van der Waals surface area contributed by atoms with Gasteiger partial charge in [-0.3, -0.25) is 0 Å². The van der Waals surface area contributed by atoms with Crippen molar-refractivity contribution in [3.8, 4) is 0 Å². The molecule has 0 spiro atoms. The Labute approximate surface area is 104 Å². The highest BCUT2D eigenvalue weighted by Crippen LogP contribution is 2.29. The van der Waals surface area contributed by atoms with E-state index in [0.717, 1.165) is 17.7 Å². The number of ether oxygens (including phenoxy) is 1. The molecule has 1 aromatic carbocycles. The summed E-state index contributed by atoms with van der Waals surface area (Å²) in [5.74, 6) is 0. The maximum absolute atomic E-state index is 12.3. The quantitative estimate of drug-likeness (QED) is 0.621. The number of rotatable bonds is 6. The third-order valence-electron chi connectivity index (χ3n) is 2.14. The lowest BCUT2D eigenvalue weighted by Crippen LogP contribution is -2.10. The molecule has 1 N–H and O–H groups in total. The molecule has 100 valence electrons. The highest BCUT2D eigenvalue weighted by Gasteiger charge is 2.29. The summed E-state index contributed by atoms with van der Waals surface area (Å²) < 4.78 is 42.1. The Bertz CT molecular complexity index is 384. The first-order chi connectivity index (χ1) is 8.39. The minimum Gasteiger partial charge on any atom is -0.383 e. The second-order valence-electron chi connectivity index (χ2n) is 4.01. The standard InChI is InChI=1S/C13H16F3NO/c1-10(2)9-18-8-7-17-12-5-3-11(4-6-12)13(14,15)16/h3-6,17H,1,7-9H2,2H3. The van der Waals surface area contributed by atoms with E-state index in [9.17, 15) is 13.2 Å². The lowest BCUT2D eigenvalue weighted by molar-refractivity contribution is -0.137. The van der Waals surface area contributed by atoms with Crippen molar-refractivity contribution >= 4 is 5.69 Å². The number of alkyl halides is 3. The number of hydrogen-bond donors (Lipinski definition) is 1. The summed E-state index contributed by atoms with van der Waals surface area (Å²) in [5, 5.41) is 2.98. The first-order valence-electron chi connectivity index (χ1n) is 5.53. The predicted octanol–water partition coefficient (Wildman–Crippen LogP) is 3.71. The second kappa shape index (κ2) is 6.44. The molecule has 0 heterocycles. The van der Waals surface area contributed by atoms with Crippen LogP contribution in [-0.4, -0.2) is 19.8 Å². The van der Waals surface area contributed by atoms with E-state index in [1.165, 1.54) is 12.1 Å². The molecule has 1 rings (SSSR count).